The van der Waals surface area contributed by atoms with Crippen molar-refractivity contribution in [3.63, 3.8) is 0 Å². The van der Waals surface area contributed by atoms with Crippen molar-refractivity contribution in [2.75, 3.05) is 13.6 Å². The summed E-state index contributed by atoms with van der Waals surface area (Å²) in [6.45, 7) is 1.16. The van der Waals surface area contributed by atoms with Crippen LogP contribution in [0, 0.1) is 0 Å². The SMILES string of the molecule is CN1[C@@H](C(=O)N2CCc3ccccc3C2)C[C@@H](c2cccs2)NS1(=O)=O. The highest BCUT2D eigenvalue weighted by Crippen LogP contribution is 2.32. The molecule has 0 bridgehead atoms. The van der Waals surface area contributed by atoms with Gasteiger partial charge >= 0.3 is 0 Å². The number of thiophene rings is 1. The number of likely N-dealkylation sites (N-methyl/N-ethyl adjacent to an activating group) is 1. The van der Waals surface area contributed by atoms with E-state index in [1.54, 1.807) is 4.90 Å². The van der Waals surface area contributed by atoms with Crippen LogP contribution in [0.4, 0.5) is 0 Å². The van der Waals surface area contributed by atoms with Crippen molar-refractivity contribution in [2.45, 2.75) is 31.5 Å². The van der Waals surface area contributed by atoms with Gasteiger partial charge in [0.1, 0.15) is 6.04 Å². The first kappa shape index (κ1) is 17.7. The average Bonchev–Trinajstić information content (AvgIpc) is 3.17. The summed E-state index contributed by atoms with van der Waals surface area (Å²) < 4.78 is 28.9. The standard InChI is InChI=1S/C18H21N3O3S2/c1-20-16(11-15(19-26(20,23)24)17-7-4-10-25-17)18(22)21-9-8-13-5-2-3-6-14(13)12-21/h2-7,10,15-16,19H,8-9,11-12H2,1H3/t15-,16+/m0/s1. The molecule has 2 aliphatic rings. The van der Waals surface area contributed by atoms with Gasteiger partial charge in [0, 0.05) is 25.0 Å². The summed E-state index contributed by atoms with van der Waals surface area (Å²) in [5, 5.41) is 1.92. The van der Waals surface area contributed by atoms with E-state index in [2.05, 4.69) is 10.8 Å². The topological polar surface area (TPSA) is 69.7 Å². The quantitative estimate of drug-likeness (QED) is 0.850. The monoisotopic (exact) mass is 391 g/mol. The van der Waals surface area contributed by atoms with Gasteiger partial charge in [0.15, 0.2) is 0 Å². The third kappa shape index (κ3) is 3.18. The molecule has 1 fully saturated rings. The fourth-order valence-electron chi connectivity index (χ4n) is 3.66. The second-order valence-corrected chi connectivity index (χ2v) is 9.48. The summed E-state index contributed by atoms with van der Waals surface area (Å²) in [5.41, 5.74) is 2.40. The Morgan fingerprint density at radius 2 is 1.96 bits per heavy atom. The van der Waals surface area contributed by atoms with Gasteiger partial charge in [-0.2, -0.15) is 17.4 Å². The van der Waals surface area contributed by atoms with Crippen LogP contribution in [0.5, 0.6) is 0 Å². The summed E-state index contributed by atoms with van der Waals surface area (Å²) in [6, 6.07) is 10.9. The molecule has 0 aliphatic carbocycles. The Balaban J connectivity index is 1.58. The van der Waals surface area contributed by atoms with Crippen LogP contribution in [0.3, 0.4) is 0 Å². The number of fused-ring (bicyclic) bond motifs is 1. The molecular formula is C18H21N3O3S2. The lowest BCUT2D eigenvalue weighted by Gasteiger charge is -2.39. The molecule has 2 atom stereocenters. The van der Waals surface area contributed by atoms with E-state index < -0.39 is 16.3 Å². The number of benzene rings is 1. The van der Waals surface area contributed by atoms with Gasteiger partial charge in [0.05, 0.1) is 6.04 Å². The van der Waals surface area contributed by atoms with Crippen molar-refractivity contribution in [3.05, 3.63) is 57.8 Å². The second-order valence-electron chi connectivity index (χ2n) is 6.74. The molecule has 0 saturated carbocycles. The van der Waals surface area contributed by atoms with E-state index in [4.69, 9.17) is 0 Å². The van der Waals surface area contributed by atoms with E-state index in [9.17, 15) is 13.2 Å². The molecule has 3 heterocycles. The van der Waals surface area contributed by atoms with E-state index in [1.807, 2.05) is 35.7 Å². The maximum atomic E-state index is 13.2. The predicted molar refractivity (Wildman–Crippen MR) is 101 cm³/mol. The van der Waals surface area contributed by atoms with Crippen LogP contribution in [-0.4, -0.2) is 43.2 Å². The van der Waals surface area contributed by atoms with Crippen LogP contribution >= 0.6 is 11.3 Å². The Morgan fingerprint density at radius 1 is 1.19 bits per heavy atom. The predicted octanol–water partition coefficient (Wildman–Crippen LogP) is 1.91. The zero-order valence-corrected chi connectivity index (χ0v) is 16.1. The maximum absolute atomic E-state index is 13.2. The van der Waals surface area contributed by atoms with Crippen LogP contribution < -0.4 is 4.72 Å². The molecule has 6 nitrogen and oxygen atoms in total. The van der Waals surface area contributed by atoms with Crippen LogP contribution in [0.15, 0.2) is 41.8 Å². The van der Waals surface area contributed by atoms with E-state index in [0.717, 1.165) is 16.9 Å². The van der Waals surface area contributed by atoms with Gasteiger partial charge in [-0.3, -0.25) is 4.79 Å². The summed E-state index contributed by atoms with van der Waals surface area (Å²) in [4.78, 5) is 15.9. The van der Waals surface area contributed by atoms with Gasteiger partial charge in [-0.15, -0.1) is 11.3 Å². The molecule has 1 amide bonds. The number of hydrogen-bond acceptors (Lipinski definition) is 4. The molecule has 0 spiro atoms. The van der Waals surface area contributed by atoms with Gasteiger partial charge in [0.25, 0.3) is 10.2 Å². The van der Waals surface area contributed by atoms with Crippen LogP contribution in [-0.2, 0) is 28.0 Å². The van der Waals surface area contributed by atoms with Crippen LogP contribution in [0.25, 0.3) is 0 Å². The van der Waals surface area contributed by atoms with Crippen molar-refractivity contribution >= 4 is 27.5 Å². The number of nitrogens with zero attached hydrogens (tertiary/aromatic N) is 2. The molecule has 0 unspecified atom stereocenters. The van der Waals surface area contributed by atoms with Gasteiger partial charge in [-0.05, 0) is 35.4 Å². The Hall–Kier alpha value is -1.74. The lowest BCUT2D eigenvalue weighted by molar-refractivity contribution is -0.136. The second kappa shape index (κ2) is 6.77. The highest BCUT2D eigenvalue weighted by atomic mass is 32.2. The molecule has 138 valence electrons. The van der Waals surface area contributed by atoms with E-state index >= 15 is 0 Å². The highest BCUT2D eigenvalue weighted by Gasteiger charge is 2.42. The van der Waals surface area contributed by atoms with Crippen molar-refractivity contribution < 1.29 is 13.2 Å². The summed E-state index contributed by atoms with van der Waals surface area (Å²) >= 11 is 1.50. The summed E-state index contributed by atoms with van der Waals surface area (Å²) in [5.74, 6) is -0.117. The molecule has 1 aromatic heterocycles. The molecule has 0 radical (unpaired) electrons. The smallest absolute Gasteiger partial charge is 0.280 e. The maximum Gasteiger partial charge on any atom is 0.280 e. The van der Waals surface area contributed by atoms with Gasteiger partial charge in [-0.25, -0.2) is 0 Å². The normalized spacial score (nSPS) is 25.7. The van der Waals surface area contributed by atoms with Crippen molar-refractivity contribution in [2.24, 2.45) is 0 Å². The number of nitrogens with one attached hydrogen (secondary N) is 1. The fourth-order valence-corrected chi connectivity index (χ4v) is 5.79. The van der Waals surface area contributed by atoms with Crippen molar-refractivity contribution in [3.8, 4) is 0 Å². The van der Waals surface area contributed by atoms with E-state index in [0.29, 0.717) is 19.5 Å². The van der Waals surface area contributed by atoms with Crippen molar-refractivity contribution in [1.82, 2.24) is 13.9 Å². The van der Waals surface area contributed by atoms with Crippen LogP contribution in [0.2, 0.25) is 0 Å². The number of amides is 1. The zero-order valence-electron chi connectivity index (χ0n) is 14.5. The lowest BCUT2D eigenvalue weighted by atomic mass is 9.98. The number of rotatable bonds is 2. The third-order valence-corrected chi connectivity index (χ3v) is 7.76. The number of carbonyl (C=O) groups excluding carboxylic acids is 1. The third-order valence-electron chi connectivity index (χ3n) is 5.18. The van der Waals surface area contributed by atoms with Crippen LogP contribution in [0.1, 0.15) is 28.5 Å². The molecular weight excluding hydrogens is 370 g/mol. The zero-order chi connectivity index (χ0) is 18.3. The minimum atomic E-state index is -3.69. The molecule has 1 aromatic carbocycles. The first-order chi connectivity index (χ1) is 12.5. The lowest BCUT2D eigenvalue weighted by Crippen LogP contribution is -2.58. The minimum absolute atomic E-state index is 0.117. The van der Waals surface area contributed by atoms with Crippen molar-refractivity contribution in [1.29, 1.82) is 0 Å². The number of carbonyl (C=O) groups is 1. The first-order valence-corrected chi connectivity index (χ1v) is 10.9. The molecule has 1 N–H and O–H groups in total. The van der Waals surface area contributed by atoms with E-state index in [-0.39, 0.29) is 11.9 Å². The molecule has 2 aliphatic heterocycles. The van der Waals surface area contributed by atoms with Gasteiger partial charge < -0.3 is 4.90 Å². The summed E-state index contributed by atoms with van der Waals surface area (Å²) in [6.07, 6.45) is 1.24. The Bertz CT molecular complexity index is 912. The molecule has 2 aromatic rings. The Labute approximate surface area is 157 Å². The molecule has 26 heavy (non-hydrogen) atoms. The van der Waals surface area contributed by atoms with E-state index in [1.165, 1.54) is 28.3 Å². The average molecular weight is 392 g/mol. The molecule has 1 saturated heterocycles. The Kier molecular flexibility index (Phi) is 4.60. The fraction of sp³-hybridized carbons (Fsp3) is 0.389. The first-order valence-electron chi connectivity index (χ1n) is 8.60. The summed E-state index contributed by atoms with van der Waals surface area (Å²) in [7, 11) is -2.21. The van der Waals surface area contributed by atoms with Gasteiger partial charge in [-0.1, -0.05) is 30.3 Å². The largest absolute Gasteiger partial charge is 0.337 e. The Morgan fingerprint density at radius 3 is 2.69 bits per heavy atom. The molecule has 8 heteroatoms. The molecule has 4 rings (SSSR count). The van der Waals surface area contributed by atoms with Gasteiger partial charge in [0.2, 0.25) is 5.91 Å². The highest BCUT2D eigenvalue weighted by molar-refractivity contribution is 7.87. The number of hydrogen-bond donors (Lipinski definition) is 1. The minimum Gasteiger partial charge on any atom is -0.337 e.